The summed E-state index contributed by atoms with van der Waals surface area (Å²) in [5, 5.41) is 3.38. The number of hydrogen-bond donors (Lipinski definition) is 1. The van der Waals surface area contributed by atoms with Crippen LogP contribution in [0.5, 0.6) is 0 Å². The second-order valence-electron chi connectivity index (χ2n) is 5.20. The maximum Gasteiger partial charge on any atom is 0.285 e. The molecule has 2 aliphatic heterocycles. The number of benzene rings is 1. The van der Waals surface area contributed by atoms with Crippen molar-refractivity contribution in [3.8, 4) is 0 Å². The second kappa shape index (κ2) is 4.31. The highest BCUT2D eigenvalue weighted by Crippen LogP contribution is 2.28. The largest absolute Gasteiger partial charge is 0.350 e. The molecule has 3 rings (SSSR count). The van der Waals surface area contributed by atoms with Crippen molar-refractivity contribution in [3.05, 3.63) is 29.8 Å². The van der Waals surface area contributed by atoms with Gasteiger partial charge in [-0.05, 0) is 26.0 Å². The average molecular weight is 279 g/mol. The van der Waals surface area contributed by atoms with Crippen LogP contribution in [0, 0.1) is 0 Å². The van der Waals surface area contributed by atoms with Gasteiger partial charge in [0.05, 0.1) is 0 Å². The van der Waals surface area contributed by atoms with E-state index in [0.29, 0.717) is 16.8 Å². The smallest absolute Gasteiger partial charge is 0.285 e. The molecule has 5 nitrogen and oxygen atoms in total. The standard InChI is InChI=1S/C13H17N3O2S/c1-9-8-16(10(2)7-14-9)13-11-5-3-4-6-12(11)19(17,18)15-13/h3-6,9-10,14H,7-8H2,1-2H3. The van der Waals surface area contributed by atoms with Crippen molar-refractivity contribution in [2.24, 2.45) is 4.40 Å². The van der Waals surface area contributed by atoms with E-state index in [2.05, 4.69) is 28.5 Å². The van der Waals surface area contributed by atoms with Gasteiger partial charge >= 0.3 is 0 Å². The number of hydrogen-bond acceptors (Lipinski definition) is 4. The van der Waals surface area contributed by atoms with Crippen LogP contribution in [0.15, 0.2) is 33.6 Å². The Morgan fingerprint density at radius 1 is 1.32 bits per heavy atom. The van der Waals surface area contributed by atoms with Crippen molar-refractivity contribution in [2.45, 2.75) is 30.8 Å². The van der Waals surface area contributed by atoms with Gasteiger partial charge in [-0.3, -0.25) is 0 Å². The fraction of sp³-hybridized carbons (Fsp3) is 0.462. The number of amidine groups is 1. The minimum atomic E-state index is -3.52. The number of nitrogens with zero attached hydrogens (tertiary/aromatic N) is 2. The predicted octanol–water partition coefficient (Wildman–Crippen LogP) is 0.818. The number of piperazine rings is 1. The molecule has 1 N–H and O–H groups in total. The summed E-state index contributed by atoms with van der Waals surface area (Å²) >= 11 is 0. The molecule has 19 heavy (non-hydrogen) atoms. The Morgan fingerprint density at radius 2 is 2.05 bits per heavy atom. The van der Waals surface area contributed by atoms with Crippen LogP contribution in [-0.4, -0.2) is 44.3 Å². The maximum absolute atomic E-state index is 12.1. The molecule has 102 valence electrons. The lowest BCUT2D eigenvalue weighted by molar-refractivity contribution is 0.235. The Morgan fingerprint density at radius 3 is 2.84 bits per heavy atom. The lowest BCUT2D eigenvalue weighted by Crippen LogP contribution is -2.56. The molecule has 1 fully saturated rings. The summed E-state index contributed by atoms with van der Waals surface area (Å²) < 4.78 is 28.1. The molecule has 0 saturated carbocycles. The van der Waals surface area contributed by atoms with Crippen LogP contribution in [0.4, 0.5) is 0 Å². The van der Waals surface area contributed by atoms with E-state index >= 15 is 0 Å². The molecule has 1 aromatic carbocycles. The summed E-state index contributed by atoms with van der Waals surface area (Å²) in [6.07, 6.45) is 0. The predicted molar refractivity (Wildman–Crippen MR) is 73.8 cm³/mol. The van der Waals surface area contributed by atoms with Gasteiger partial charge in [-0.25, -0.2) is 0 Å². The molecule has 0 aliphatic carbocycles. The molecule has 0 bridgehead atoms. The number of rotatable bonds is 0. The molecule has 2 aliphatic rings. The van der Waals surface area contributed by atoms with Crippen LogP contribution in [0.3, 0.4) is 0 Å². The molecule has 6 heteroatoms. The van der Waals surface area contributed by atoms with E-state index < -0.39 is 10.0 Å². The topological polar surface area (TPSA) is 61.8 Å². The second-order valence-corrected chi connectivity index (χ2v) is 6.77. The summed E-state index contributed by atoms with van der Waals surface area (Å²) in [7, 11) is -3.52. The Balaban J connectivity index is 2.07. The van der Waals surface area contributed by atoms with Gasteiger partial charge in [-0.2, -0.15) is 8.42 Å². The van der Waals surface area contributed by atoms with Gasteiger partial charge in [0.1, 0.15) is 4.90 Å². The molecule has 0 aromatic heterocycles. The van der Waals surface area contributed by atoms with Crippen LogP contribution in [-0.2, 0) is 10.0 Å². The van der Waals surface area contributed by atoms with E-state index in [1.807, 2.05) is 12.1 Å². The zero-order valence-corrected chi connectivity index (χ0v) is 11.8. The van der Waals surface area contributed by atoms with E-state index in [-0.39, 0.29) is 6.04 Å². The molecule has 2 atom stereocenters. The van der Waals surface area contributed by atoms with Crippen molar-refractivity contribution in [1.82, 2.24) is 10.2 Å². The molecular weight excluding hydrogens is 262 g/mol. The highest BCUT2D eigenvalue weighted by atomic mass is 32.2. The lowest BCUT2D eigenvalue weighted by atomic mass is 10.1. The van der Waals surface area contributed by atoms with Crippen LogP contribution in [0.25, 0.3) is 0 Å². The Hall–Kier alpha value is -1.40. The zero-order chi connectivity index (χ0) is 13.6. The quantitative estimate of drug-likeness (QED) is 0.763. The highest BCUT2D eigenvalue weighted by Gasteiger charge is 2.35. The Labute approximate surface area is 113 Å². The monoisotopic (exact) mass is 279 g/mol. The lowest BCUT2D eigenvalue weighted by Gasteiger charge is -2.38. The minimum absolute atomic E-state index is 0.233. The van der Waals surface area contributed by atoms with Gasteiger partial charge in [-0.1, -0.05) is 12.1 Å². The first-order valence-corrected chi connectivity index (χ1v) is 7.87. The van der Waals surface area contributed by atoms with E-state index in [4.69, 9.17) is 0 Å². The SMILES string of the molecule is CC1CN(C2=NS(=O)(=O)c3ccccc32)C(C)CN1. The summed E-state index contributed by atoms with van der Waals surface area (Å²) in [6, 6.07) is 7.60. The van der Waals surface area contributed by atoms with Crippen molar-refractivity contribution in [2.75, 3.05) is 13.1 Å². The third-order valence-electron chi connectivity index (χ3n) is 3.65. The van der Waals surface area contributed by atoms with Gasteiger partial charge < -0.3 is 10.2 Å². The average Bonchev–Trinajstić information content (AvgIpc) is 2.65. The first-order chi connectivity index (χ1) is 8.99. The summed E-state index contributed by atoms with van der Waals surface area (Å²) in [5.41, 5.74) is 0.725. The van der Waals surface area contributed by atoms with Gasteiger partial charge in [-0.15, -0.1) is 4.40 Å². The molecule has 0 amide bonds. The third kappa shape index (κ3) is 2.04. The molecule has 2 unspecified atom stereocenters. The number of sulfonamides is 1. The Kier molecular flexibility index (Phi) is 2.87. The van der Waals surface area contributed by atoms with Crippen molar-refractivity contribution in [3.63, 3.8) is 0 Å². The zero-order valence-electron chi connectivity index (χ0n) is 11.0. The normalized spacial score (nSPS) is 28.9. The molecule has 1 saturated heterocycles. The Bertz CT molecular complexity index is 639. The molecule has 1 aromatic rings. The van der Waals surface area contributed by atoms with Crippen LogP contribution < -0.4 is 5.32 Å². The third-order valence-corrected chi connectivity index (χ3v) is 4.97. The van der Waals surface area contributed by atoms with Crippen LogP contribution >= 0.6 is 0 Å². The van der Waals surface area contributed by atoms with E-state index in [0.717, 1.165) is 18.7 Å². The number of nitrogens with one attached hydrogen (secondary N) is 1. The first-order valence-electron chi connectivity index (χ1n) is 6.43. The van der Waals surface area contributed by atoms with E-state index in [9.17, 15) is 8.42 Å². The van der Waals surface area contributed by atoms with Gasteiger partial charge in [0.2, 0.25) is 0 Å². The van der Waals surface area contributed by atoms with E-state index in [1.54, 1.807) is 12.1 Å². The van der Waals surface area contributed by atoms with Crippen LogP contribution in [0.1, 0.15) is 19.4 Å². The molecule has 2 heterocycles. The fourth-order valence-corrected chi connectivity index (χ4v) is 3.83. The van der Waals surface area contributed by atoms with Crippen molar-refractivity contribution in [1.29, 1.82) is 0 Å². The molecule has 0 radical (unpaired) electrons. The fourth-order valence-electron chi connectivity index (χ4n) is 2.61. The number of fused-ring (bicyclic) bond motifs is 1. The first kappa shape index (κ1) is 12.6. The van der Waals surface area contributed by atoms with Gasteiger partial charge in [0.25, 0.3) is 10.0 Å². The molecular formula is C13H17N3O2S. The summed E-state index contributed by atoms with van der Waals surface area (Å²) in [6.45, 7) is 5.77. The maximum atomic E-state index is 12.1. The minimum Gasteiger partial charge on any atom is -0.350 e. The van der Waals surface area contributed by atoms with Crippen molar-refractivity contribution < 1.29 is 8.42 Å². The highest BCUT2D eigenvalue weighted by molar-refractivity contribution is 7.90. The van der Waals surface area contributed by atoms with Crippen molar-refractivity contribution >= 4 is 15.9 Å². The molecule has 0 spiro atoms. The van der Waals surface area contributed by atoms with Crippen LogP contribution in [0.2, 0.25) is 0 Å². The summed E-state index contributed by atoms with van der Waals surface area (Å²) in [5.74, 6) is 0.594. The van der Waals surface area contributed by atoms with Gasteiger partial charge in [0, 0.05) is 30.7 Å². The van der Waals surface area contributed by atoms with Gasteiger partial charge in [0.15, 0.2) is 5.84 Å². The summed E-state index contributed by atoms with van der Waals surface area (Å²) in [4.78, 5) is 2.41. The van der Waals surface area contributed by atoms with E-state index in [1.165, 1.54) is 0 Å².